The highest BCUT2D eigenvalue weighted by atomic mass is 32.2. The molecule has 0 fully saturated rings. The largest absolute Gasteiger partial charge is 0.497 e. The third-order valence-corrected chi connectivity index (χ3v) is 10.5. The van der Waals surface area contributed by atoms with Crippen molar-refractivity contribution in [2.24, 2.45) is 0 Å². The molecule has 0 atom stereocenters. The topological polar surface area (TPSA) is 131 Å². The lowest BCUT2D eigenvalue weighted by Crippen LogP contribution is -2.30. The molecule has 1 amide bonds. The van der Waals surface area contributed by atoms with Gasteiger partial charge in [0.15, 0.2) is 0 Å². The molecule has 2 N–H and O–H groups in total. The fraction of sp³-hybridized carbons (Fsp3) is 0.167. The summed E-state index contributed by atoms with van der Waals surface area (Å²) in [4.78, 5) is 14.0. The highest BCUT2D eigenvalue weighted by Crippen LogP contribution is 2.31. The average Bonchev–Trinajstić information content (AvgIpc) is 3.02. The number of nitrogens with zero attached hydrogens (tertiary/aromatic N) is 1. The van der Waals surface area contributed by atoms with Crippen molar-refractivity contribution < 1.29 is 31.1 Å². The van der Waals surface area contributed by atoms with Crippen molar-refractivity contribution >= 4 is 54.8 Å². The average molecular weight is 642 g/mol. The van der Waals surface area contributed by atoms with Crippen LogP contribution < -0.4 is 23.8 Å². The first kappa shape index (κ1) is 31.7. The number of hydrogen-bond acceptors (Lipinski definition) is 8. The number of ether oxygens (including phenoxy) is 2. The van der Waals surface area contributed by atoms with E-state index in [1.807, 2.05) is 6.26 Å². The van der Waals surface area contributed by atoms with Crippen molar-refractivity contribution in [1.29, 1.82) is 0 Å². The van der Waals surface area contributed by atoms with Gasteiger partial charge in [-0.1, -0.05) is 0 Å². The van der Waals surface area contributed by atoms with Crippen LogP contribution in [0.3, 0.4) is 0 Å². The summed E-state index contributed by atoms with van der Waals surface area (Å²) in [5.41, 5.74) is 1.34. The number of carbonyl (C=O) groups is 1. The van der Waals surface area contributed by atoms with Crippen LogP contribution in [-0.4, -0.2) is 49.8 Å². The Morgan fingerprint density at radius 2 is 1.44 bits per heavy atom. The maximum Gasteiger partial charge on any atom is 0.264 e. The smallest absolute Gasteiger partial charge is 0.264 e. The van der Waals surface area contributed by atoms with E-state index in [9.17, 15) is 21.6 Å². The van der Waals surface area contributed by atoms with Gasteiger partial charge in [0.25, 0.3) is 26.0 Å². The standard InChI is InChI=1S/C30H31N3O7S3/c1-5-33(43(37,38)27-17-13-25(41-4)14-18-27)23-10-6-21(7-11-23)30(34)31-22-8-15-26(16-9-22)42(35,36)32-28-19-12-24(39-2)20-29(28)40-3/h6-20,32H,5H2,1-4H3,(H,31,34). The Hall–Kier alpha value is -4.20. The molecule has 10 nitrogen and oxygen atoms in total. The van der Waals surface area contributed by atoms with Crippen molar-refractivity contribution in [2.75, 3.05) is 41.4 Å². The van der Waals surface area contributed by atoms with Gasteiger partial charge in [-0.2, -0.15) is 0 Å². The Kier molecular flexibility index (Phi) is 9.89. The van der Waals surface area contributed by atoms with Gasteiger partial charge in [0.05, 0.1) is 35.4 Å². The van der Waals surface area contributed by atoms with Crippen molar-refractivity contribution in [1.82, 2.24) is 0 Å². The lowest BCUT2D eigenvalue weighted by Gasteiger charge is -2.23. The molecule has 0 saturated carbocycles. The summed E-state index contributed by atoms with van der Waals surface area (Å²) in [6.07, 6.45) is 1.92. The Morgan fingerprint density at radius 3 is 2.00 bits per heavy atom. The van der Waals surface area contributed by atoms with Crippen LogP contribution >= 0.6 is 11.8 Å². The second-order valence-electron chi connectivity index (χ2n) is 9.04. The van der Waals surface area contributed by atoms with Crippen LogP contribution in [0.25, 0.3) is 0 Å². The predicted octanol–water partition coefficient (Wildman–Crippen LogP) is 5.69. The second-order valence-corrected chi connectivity index (χ2v) is 13.5. The first-order valence-corrected chi connectivity index (χ1v) is 17.1. The van der Waals surface area contributed by atoms with Gasteiger partial charge in [0.2, 0.25) is 0 Å². The summed E-state index contributed by atoms with van der Waals surface area (Å²) < 4.78 is 66.6. The van der Waals surface area contributed by atoms with Crippen molar-refractivity contribution in [3.63, 3.8) is 0 Å². The van der Waals surface area contributed by atoms with E-state index >= 15 is 0 Å². The summed E-state index contributed by atoms with van der Waals surface area (Å²) in [7, 11) is -4.83. The molecule has 0 bridgehead atoms. The maximum atomic E-state index is 13.3. The molecule has 0 aromatic heterocycles. The third kappa shape index (κ3) is 7.24. The number of benzene rings is 4. The molecular weight excluding hydrogens is 611 g/mol. The SMILES string of the molecule is CCN(c1ccc(C(=O)Nc2ccc(S(=O)(=O)Nc3ccc(OC)cc3OC)cc2)cc1)S(=O)(=O)c1ccc(SC)cc1. The highest BCUT2D eigenvalue weighted by molar-refractivity contribution is 7.98. The lowest BCUT2D eigenvalue weighted by atomic mass is 10.2. The van der Waals surface area contributed by atoms with Crippen LogP contribution in [0.2, 0.25) is 0 Å². The summed E-state index contributed by atoms with van der Waals surface area (Å²) in [6.45, 7) is 1.94. The number of anilines is 3. The van der Waals surface area contributed by atoms with Gasteiger partial charge in [-0.05, 0) is 98.1 Å². The van der Waals surface area contributed by atoms with Gasteiger partial charge in [-0.15, -0.1) is 11.8 Å². The van der Waals surface area contributed by atoms with Gasteiger partial charge in [0, 0.05) is 28.8 Å². The number of sulfonamides is 2. The summed E-state index contributed by atoms with van der Waals surface area (Å²) >= 11 is 1.52. The van der Waals surface area contributed by atoms with Gasteiger partial charge in [0.1, 0.15) is 11.5 Å². The third-order valence-electron chi connectivity index (χ3n) is 6.43. The molecule has 0 aliphatic carbocycles. The normalized spacial score (nSPS) is 11.4. The number of methoxy groups -OCH3 is 2. The van der Waals surface area contributed by atoms with Crippen LogP contribution in [0, 0.1) is 0 Å². The number of rotatable bonds is 12. The maximum absolute atomic E-state index is 13.3. The number of carbonyl (C=O) groups excluding carboxylic acids is 1. The lowest BCUT2D eigenvalue weighted by molar-refractivity contribution is 0.102. The fourth-order valence-corrected chi connectivity index (χ4v) is 7.10. The minimum absolute atomic E-state index is 0.0170. The molecule has 0 spiro atoms. The first-order valence-electron chi connectivity index (χ1n) is 13.0. The summed E-state index contributed by atoms with van der Waals surface area (Å²) in [5, 5.41) is 2.73. The zero-order chi connectivity index (χ0) is 31.2. The molecule has 226 valence electrons. The van der Waals surface area contributed by atoms with E-state index in [1.54, 1.807) is 55.5 Å². The van der Waals surface area contributed by atoms with Gasteiger partial charge in [-0.3, -0.25) is 13.8 Å². The van der Waals surface area contributed by atoms with E-state index < -0.39 is 26.0 Å². The van der Waals surface area contributed by atoms with Crippen molar-refractivity contribution in [3.8, 4) is 11.5 Å². The second kappa shape index (κ2) is 13.4. The number of nitrogens with one attached hydrogen (secondary N) is 2. The van der Waals surface area contributed by atoms with Crippen LogP contribution in [-0.2, 0) is 20.0 Å². The number of thioether (sulfide) groups is 1. The Labute approximate surface area is 256 Å². The fourth-order valence-electron chi connectivity index (χ4n) is 4.15. The molecule has 0 aliphatic heterocycles. The predicted molar refractivity (Wildman–Crippen MR) is 170 cm³/mol. The Morgan fingerprint density at radius 1 is 0.814 bits per heavy atom. The molecular formula is C30H31N3O7S3. The summed E-state index contributed by atoms with van der Waals surface area (Å²) in [6, 6.07) is 23.3. The minimum atomic E-state index is -3.95. The molecule has 0 radical (unpaired) electrons. The Balaban J connectivity index is 1.45. The zero-order valence-corrected chi connectivity index (χ0v) is 26.3. The van der Waals surface area contributed by atoms with E-state index in [1.165, 1.54) is 72.8 Å². The summed E-state index contributed by atoms with van der Waals surface area (Å²) in [5.74, 6) is 0.364. The number of hydrogen-bond donors (Lipinski definition) is 2. The van der Waals surface area contributed by atoms with E-state index in [2.05, 4.69) is 10.0 Å². The van der Waals surface area contributed by atoms with E-state index in [4.69, 9.17) is 9.47 Å². The monoisotopic (exact) mass is 641 g/mol. The molecule has 0 saturated heterocycles. The molecule has 0 aliphatic rings. The van der Waals surface area contributed by atoms with Crippen LogP contribution in [0.4, 0.5) is 17.1 Å². The van der Waals surface area contributed by atoms with Crippen LogP contribution in [0.15, 0.2) is 106 Å². The van der Waals surface area contributed by atoms with E-state index in [-0.39, 0.29) is 22.0 Å². The van der Waals surface area contributed by atoms with E-state index in [0.717, 1.165) is 4.90 Å². The molecule has 13 heteroatoms. The quantitative estimate of drug-likeness (QED) is 0.189. The van der Waals surface area contributed by atoms with E-state index in [0.29, 0.717) is 28.4 Å². The molecule has 43 heavy (non-hydrogen) atoms. The molecule has 4 aromatic rings. The van der Waals surface area contributed by atoms with Gasteiger partial charge >= 0.3 is 0 Å². The van der Waals surface area contributed by atoms with Crippen LogP contribution in [0.5, 0.6) is 11.5 Å². The van der Waals surface area contributed by atoms with Gasteiger partial charge in [-0.25, -0.2) is 16.8 Å². The molecule has 4 aromatic carbocycles. The first-order chi connectivity index (χ1) is 20.5. The van der Waals surface area contributed by atoms with Crippen LogP contribution in [0.1, 0.15) is 17.3 Å². The highest BCUT2D eigenvalue weighted by Gasteiger charge is 2.24. The number of amides is 1. The van der Waals surface area contributed by atoms with Crippen molar-refractivity contribution in [3.05, 3.63) is 96.6 Å². The molecule has 0 unspecified atom stereocenters. The zero-order valence-electron chi connectivity index (χ0n) is 23.9. The van der Waals surface area contributed by atoms with Gasteiger partial charge < -0.3 is 14.8 Å². The Bertz CT molecular complexity index is 1790. The molecule has 4 rings (SSSR count). The minimum Gasteiger partial charge on any atom is -0.497 e. The van der Waals surface area contributed by atoms with Crippen molar-refractivity contribution in [2.45, 2.75) is 21.6 Å². The molecule has 0 heterocycles.